The summed E-state index contributed by atoms with van der Waals surface area (Å²) in [4.78, 5) is 12.5. The van der Waals surface area contributed by atoms with Crippen molar-refractivity contribution in [1.29, 1.82) is 0 Å². The van der Waals surface area contributed by atoms with Crippen molar-refractivity contribution in [2.45, 2.75) is 6.92 Å². The van der Waals surface area contributed by atoms with Crippen molar-refractivity contribution in [3.05, 3.63) is 65.6 Å². The average molecular weight is 339 g/mol. The van der Waals surface area contributed by atoms with E-state index in [2.05, 4.69) is 10.4 Å². The van der Waals surface area contributed by atoms with Crippen LogP contribution in [0.3, 0.4) is 0 Å². The lowest BCUT2D eigenvalue weighted by Crippen LogP contribution is -2.16. The molecule has 1 N–H and O–H groups in total. The first-order valence-corrected chi connectivity index (χ1v) is 7.74. The molecule has 0 saturated carbocycles. The molecule has 3 aromatic rings. The largest absolute Gasteiger partial charge is 0.497 e. The first kappa shape index (κ1) is 16.7. The minimum Gasteiger partial charge on any atom is -0.497 e. The van der Waals surface area contributed by atoms with Crippen LogP contribution in [0.1, 0.15) is 16.1 Å². The minimum absolute atomic E-state index is 0.354. The molecule has 1 heterocycles. The highest BCUT2D eigenvalue weighted by Crippen LogP contribution is 2.24. The number of ether oxygens (including phenoxy) is 1. The standard InChI is InChI=1S/C19H18FN3O2/c1-12-7-8-14(10-16(12)20)21-19(24)18-11-17(22-23(18)2)13-5-4-6-15(9-13)25-3/h4-11H,1-3H3,(H,21,24). The molecule has 0 spiro atoms. The number of carbonyl (C=O) groups is 1. The number of aryl methyl sites for hydroxylation is 2. The van der Waals surface area contributed by atoms with Gasteiger partial charge < -0.3 is 10.1 Å². The molecule has 0 fully saturated rings. The highest BCUT2D eigenvalue weighted by atomic mass is 19.1. The number of methoxy groups -OCH3 is 1. The monoisotopic (exact) mass is 339 g/mol. The summed E-state index contributed by atoms with van der Waals surface area (Å²) in [6, 6.07) is 13.7. The van der Waals surface area contributed by atoms with Gasteiger partial charge in [-0.05, 0) is 42.8 Å². The molecular formula is C19H18FN3O2. The second-order valence-electron chi connectivity index (χ2n) is 5.69. The third kappa shape index (κ3) is 3.52. The average Bonchev–Trinajstić information content (AvgIpc) is 3.00. The molecule has 0 bridgehead atoms. The van der Waals surface area contributed by atoms with Gasteiger partial charge in [0.15, 0.2) is 0 Å². The maximum Gasteiger partial charge on any atom is 0.273 e. The van der Waals surface area contributed by atoms with Crippen LogP contribution in [0.5, 0.6) is 5.75 Å². The molecule has 25 heavy (non-hydrogen) atoms. The Morgan fingerprint density at radius 3 is 2.72 bits per heavy atom. The molecule has 1 aromatic heterocycles. The van der Waals surface area contributed by atoms with Gasteiger partial charge in [0.1, 0.15) is 17.3 Å². The second-order valence-corrected chi connectivity index (χ2v) is 5.69. The summed E-state index contributed by atoms with van der Waals surface area (Å²) in [5.41, 5.74) is 2.80. The number of nitrogens with zero attached hydrogens (tertiary/aromatic N) is 2. The summed E-state index contributed by atoms with van der Waals surface area (Å²) in [7, 11) is 3.28. The van der Waals surface area contributed by atoms with E-state index in [4.69, 9.17) is 4.74 Å². The molecule has 0 aliphatic carbocycles. The summed E-state index contributed by atoms with van der Waals surface area (Å²) in [5.74, 6) is -0.00319. The van der Waals surface area contributed by atoms with Crippen LogP contribution in [0, 0.1) is 12.7 Å². The maximum absolute atomic E-state index is 13.6. The molecule has 128 valence electrons. The van der Waals surface area contributed by atoms with Gasteiger partial charge in [-0.2, -0.15) is 5.10 Å². The van der Waals surface area contributed by atoms with Crippen LogP contribution in [-0.4, -0.2) is 22.8 Å². The molecule has 0 aliphatic heterocycles. The summed E-state index contributed by atoms with van der Waals surface area (Å²) in [6.07, 6.45) is 0. The number of hydrogen-bond acceptors (Lipinski definition) is 3. The quantitative estimate of drug-likeness (QED) is 0.787. The van der Waals surface area contributed by atoms with E-state index < -0.39 is 0 Å². The van der Waals surface area contributed by atoms with E-state index in [-0.39, 0.29) is 11.7 Å². The normalized spacial score (nSPS) is 10.6. The first-order chi connectivity index (χ1) is 12.0. The van der Waals surface area contributed by atoms with Crippen molar-refractivity contribution in [1.82, 2.24) is 9.78 Å². The number of nitrogens with one attached hydrogen (secondary N) is 1. The zero-order chi connectivity index (χ0) is 18.0. The molecule has 3 rings (SSSR count). The van der Waals surface area contributed by atoms with E-state index in [1.54, 1.807) is 39.3 Å². The Kier molecular flexibility index (Phi) is 4.52. The van der Waals surface area contributed by atoms with Crippen molar-refractivity contribution in [2.75, 3.05) is 12.4 Å². The third-order valence-electron chi connectivity index (χ3n) is 3.91. The number of carbonyl (C=O) groups excluding carboxylic acids is 1. The Morgan fingerprint density at radius 1 is 1.20 bits per heavy atom. The molecule has 0 saturated heterocycles. The van der Waals surface area contributed by atoms with Crippen molar-refractivity contribution in [3.63, 3.8) is 0 Å². The number of amides is 1. The Morgan fingerprint density at radius 2 is 2.00 bits per heavy atom. The summed E-state index contributed by atoms with van der Waals surface area (Å²) < 4.78 is 20.3. The van der Waals surface area contributed by atoms with Crippen LogP contribution in [0.4, 0.5) is 10.1 Å². The van der Waals surface area contributed by atoms with Crippen LogP contribution >= 0.6 is 0 Å². The maximum atomic E-state index is 13.6. The van der Waals surface area contributed by atoms with Gasteiger partial charge in [0.25, 0.3) is 5.91 Å². The second kappa shape index (κ2) is 6.76. The predicted molar refractivity (Wildman–Crippen MR) is 94.3 cm³/mol. The third-order valence-corrected chi connectivity index (χ3v) is 3.91. The fourth-order valence-corrected chi connectivity index (χ4v) is 2.47. The molecule has 0 unspecified atom stereocenters. The van der Waals surface area contributed by atoms with Crippen molar-refractivity contribution < 1.29 is 13.9 Å². The van der Waals surface area contributed by atoms with Gasteiger partial charge in [0.05, 0.1) is 12.8 Å². The topological polar surface area (TPSA) is 56.1 Å². The van der Waals surface area contributed by atoms with Crippen molar-refractivity contribution >= 4 is 11.6 Å². The van der Waals surface area contributed by atoms with Gasteiger partial charge in [0, 0.05) is 18.3 Å². The summed E-state index contributed by atoms with van der Waals surface area (Å²) in [5, 5.41) is 7.07. The van der Waals surface area contributed by atoms with Crippen LogP contribution < -0.4 is 10.1 Å². The molecule has 0 aliphatic rings. The summed E-state index contributed by atoms with van der Waals surface area (Å²) in [6.45, 7) is 1.67. The summed E-state index contributed by atoms with van der Waals surface area (Å²) >= 11 is 0. The molecule has 5 nitrogen and oxygen atoms in total. The van der Waals surface area contributed by atoms with E-state index in [1.165, 1.54) is 10.7 Å². The fraction of sp³-hybridized carbons (Fsp3) is 0.158. The molecule has 0 radical (unpaired) electrons. The van der Waals surface area contributed by atoms with Crippen LogP contribution in [0.25, 0.3) is 11.3 Å². The lowest BCUT2D eigenvalue weighted by atomic mass is 10.1. The fourth-order valence-electron chi connectivity index (χ4n) is 2.47. The highest BCUT2D eigenvalue weighted by Gasteiger charge is 2.15. The molecular weight excluding hydrogens is 321 g/mol. The Bertz CT molecular complexity index is 934. The van der Waals surface area contributed by atoms with E-state index in [1.807, 2.05) is 24.3 Å². The molecule has 2 aromatic carbocycles. The van der Waals surface area contributed by atoms with Gasteiger partial charge >= 0.3 is 0 Å². The van der Waals surface area contributed by atoms with Crippen LogP contribution in [0.2, 0.25) is 0 Å². The first-order valence-electron chi connectivity index (χ1n) is 7.74. The molecule has 0 atom stereocenters. The van der Waals surface area contributed by atoms with E-state index in [9.17, 15) is 9.18 Å². The minimum atomic E-state index is -0.361. The van der Waals surface area contributed by atoms with Crippen LogP contribution in [-0.2, 0) is 7.05 Å². The Balaban J connectivity index is 1.86. The van der Waals surface area contributed by atoms with Gasteiger partial charge in [-0.25, -0.2) is 4.39 Å². The van der Waals surface area contributed by atoms with Gasteiger partial charge in [0.2, 0.25) is 0 Å². The zero-order valence-electron chi connectivity index (χ0n) is 14.2. The van der Waals surface area contributed by atoms with Crippen molar-refractivity contribution in [2.24, 2.45) is 7.05 Å². The Labute approximate surface area is 145 Å². The highest BCUT2D eigenvalue weighted by molar-refractivity contribution is 6.03. The molecule has 1 amide bonds. The van der Waals surface area contributed by atoms with Crippen LogP contribution in [0.15, 0.2) is 48.5 Å². The van der Waals surface area contributed by atoms with E-state index >= 15 is 0 Å². The Hall–Kier alpha value is -3.15. The van der Waals surface area contributed by atoms with E-state index in [0.29, 0.717) is 28.4 Å². The number of benzene rings is 2. The van der Waals surface area contributed by atoms with E-state index in [0.717, 1.165) is 5.56 Å². The lowest BCUT2D eigenvalue weighted by Gasteiger charge is -2.06. The predicted octanol–water partition coefficient (Wildman–Crippen LogP) is 3.80. The number of hydrogen-bond donors (Lipinski definition) is 1. The SMILES string of the molecule is COc1cccc(-c2cc(C(=O)Nc3ccc(C)c(F)c3)n(C)n2)c1. The number of rotatable bonds is 4. The molecule has 6 heteroatoms. The van der Waals surface area contributed by atoms with Gasteiger partial charge in [-0.15, -0.1) is 0 Å². The number of aromatic nitrogens is 2. The van der Waals surface area contributed by atoms with Gasteiger partial charge in [-0.3, -0.25) is 9.48 Å². The van der Waals surface area contributed by atoms with Gasteiger partial charge in [-0.1, -0.05) is 18.2 Å². The number of halogens is 1. The lowest BCUT2D eigenvalue weighted by molar-refractivity contribution is 0.101. The smallest absolute Gasteiger partial charge is 0.273 e. The van der Waals surface area contributed by atoms with Crippen molar-refractivity contribution in [3.8, 4) is 17.0 Å². The number of anilines is 1. The zero-order valence-corrected chi connectivity index (χ0v) is 14.2.